The maximum atomic E-state index is 11.6. The first-order valence-corrected chi connectivity index (χ1v) is 5.89. The number of carbonyl (C=O) groups excluding carboxylic acids is 1. The quantitative estimate of drug-likeness (QED) is 0.793. The van der Waals surface area contributed by atoms with Gasteiger partial charge in [0.1, 0.15) is 5.82 Å². The highest BCUT2D eigenvalue weighted by Gasteiger charge is 2.12. The van der Waals surface area contributed by atoms with Gasteiger partial charge in [0.2, 0.25) is 5.91 Å². The minimum atomic E-state index is -0.0135. The Morgan fingerprint density at radius 2 is 2.06 bits per heavy atom. The van der Waals surface area contributed by atoms with Crippen molar-refractivity contribution in [3.63, 3.8) is 0 Å². The van der Waals surface area contributed by atoms with Gasteiger partial charge in [0.15, 0.2) is 0 Å². The van der Waals surface area contributed by atoms with Crippen LogP contribution in [0, 0.1) is 13.8 Å². The zero-order valence-electron chi connectivity index (χ0n) is 10.7. The van der Waals surface area contributed by atoms with Gasteiger partial charge < -0.3 is 5.11 Å². The molecule has 1 heterocycles. The molecule has 0 aromatic carbocycles. The Balaban J connectivity index is 2.85. The standard InChI is InChI=1S/C13H20N2O2/c1-10-8-11(2)14-13(9-10)15(12(3)17)6-4-5-7-16/h8-9,16H,4-7H2,1-3H3. The fourth-order valence-corrected chi connectivity index (χ4v) is 1.77. The summed E-state index contributed by atoms with van der Waals surface area (Å²) in [6, 6.07) is 3.89. The molecule has 0 aliphatic heterocycles. The van der Waals surface area contributed by atoms with E-state index >= 15 is 0 Å². The lowest BCUT2D eigenvalue weighted by Crippen LogP contribution is -2.30. The number of aryl methyl sites for hydroxylation is 2. The lowest BCUT2D eigenvalue weighted by molar-refractivity contribution is -0.116. The monoisotopic (exact) mass is 236 g/mol. The molecule has 0 aliphatic rings. The SMILES string of the molecule is CC(=O)N(CCCCO)c1cc(C)cc(C)n1. The third-order valence-electron chi connectivity index (χ3n) is 2.53. The molecule has 4 nitrogen and oxygen atoms in total. The minimum Gasteiger partial charge on any atom is -0.396 e. The number of nitrogens with zero attached hydrogens (tertiary/aromatic N) is 2. The summed E-state index contributed by atoms with van der Waals surface area (Å²) in [7, 11) is 0. The van der Waals surface area contributed by atoms with Gasteiger partial charge in [-0.15, -0.1) is 0 Å². The largest absolute Gasteiger partial charge is 0.396 e. The molecule has 0 aliphatic carbocycles. The summed E-state index contributed by atoms with van der Waals surface area (Å²) in [6.45, 7) is 6.21. The van der Waals surface area contributed by atoms with Gasteiger partial charge in [-0.2, -0.15) is 0 Å². The van der Waals surface area contributed by atoms with Crippen LogP contribution in [0.1, 0.15) is 31.0 Å². The van der Waals surface area contributed by atoms with Crippen LogP contribution in [0.15, 0.2) is 12.1 Å². The fraction of sp³-hybridized carbons (Fsp3) is 0.538. The minimum absolute atomic E-state index is 0.0135. The molecule has 0 bridgehead atoms. The summed E-state index contributed by atoms with van der Waals surface area (Å²) in [5.74, 6) is 0.688. The number of rotatable bonds is 5. The zero-order chi connectivity index (χ0) is 12.8. The van der Waals surface area contributed by atoms with E-state index in [-0.39, 0.29) is 12.5 Å². The summed E-state index contributed by atoms with van der Waals surface area (Å²) in [6.07, 6.45) is 1.49. The number of aromatic nitrogens is 1. The molecule has 0 saturated carbocycles. The summed E-state index contributed by atoms with van der Waals surface area (Å²) in [5.41, 5.74) is 2.01. The Bertz CT molecular complexity index is 371. The first kappa shape index (κ1) is 13.6. The molecule has 0 atom stereocenters. The number of unbranched alkanes of at least 4 members (excludes halogenated alkanes) is 1. The number of carbonyl (C=O) groups is 1. The number of amides is 1. The summed E-state index contributed by atoms with van der Waals surface area (Å²) >= 11 is 0. The van der Waals surface area contributed by atoms with Crippen molar-refractivity contribution in [2.24, 2.45) is 0 Å². The number of aliphatic hydroxyl groups is 1. The molecular formula is C13H20N2O2. The highest BCUT2D eigenvalue weighted by Crippen LogP contribution is 2.15. The van der Waals surface area contributed by atoms with Gasteiger partial charge in [-0.1, -0.05) is 0 Å². The third kappa shape index (κ3) is 4.15. The van der Waals surface area contributed by atoms with E-state index in [4.69, 9.17) is 5.11 Å². The van der Waals surface area contributed by atoms with Crippen LogP contribution in [0.5, 0.6) is 0 Å². The molecule has 4 heteroatoms. The second-order valence-corrected chi connectivity index (χ2v) is 4.25. The molecule has 0 saturated heterocycles. The number of hydrogen-bond acceptors (Lipinski definition) is 3. The van der Waals surface area contributed by atoms with E-state index in [0.717, 1.165) is 17.7 Å². The molecule has 0 unspecified atom stereocenters. The molecule has 0 radical (unpaired) electrons. The van der Waals surface area contributed by atoms with Crippen molar-refractivity contribution < 1.29 is 9.90 Å². The molecule has 0 fully saturated rings. The van der Waals surface area contributed by atoms with E-state index in [1.165, 1.54) is 6.92 Å². The lowest BCUT2D eigenvalue weighted by atomic mass is 10.2. The van der Waals surface area contributed by atoms with Crippen molar-refractivity contribution in [1.82, 2.24) is 4.98 Å². The maximum absolute atomic E-state index is 11.6. The van der Waals surface area contributed by atoms with Gasteiger partial charge in [0.05, 0.1) is 0 Å². The third-order valence-corrected chi connectivity index (χ3v) is 2.53. The second kappa shape index (κ2) is 6.35. The van der Waals surface area contributed by atoms with E-state index in [2.05, 4.69) is 4.98 Å². The van der Waals surface area contributed by atoms with Gasteiger partial charge >= 0.3 is 0 Å². The van der Waals surface area contributed by atoms with Gasteiger partial charge in [-0.05, 0) is 44.4 Å². The van der Waals surface area contributed by atoms with E-state index in [1.54, 1.807) is 4.90 Å². The molecule has 1 rings (SSSR count). The molecule has 94 valence electrons. The number of anilines is 1. The molecule has 1 aromatic heterocycles. The average Bonchev–Trinajstić information content (AvgIpc) is 2.22. The van der Waals surface area contributed by atoms with Crippen molar-refractivity contribution in [3.05, 3.63) is 23.4 Å². The number of pyridine rings is 1. The first-order chi connectivity index (χ1) is 8.04. The van der Waals surface area contributed by atoms with Crippen molar-refractivity contribution in [2.75, 3.05) is 18.1 Å². The Morgan fingerprint density at radius 3 is 2.59 bits per heavy atom. The Kier molecular flexibility index (Phi) is 5.10. The van der Waals surface area contributed by atoms with Crippen LogP contribution in [-0.2, 0) is 4.79 Å². The van der Waals surface area contributed by atoms with E-state index in [9.17, 15) is 4.79 Å². The topological polar surface area (TPSA) is 53.4 Å². The van der Waals surface area contributed by atoms with Gasteiger partial charge in [-0.25, -0.2) is 4.98 Å². The fourth-order valence-electron chi connectivity index (χ4n) is 1.77. The van der Waals surface area contributed by atoms with E-state index < -0.39 is 0 Å². The Morgan fingerprint density at radius 1 is 1.35 bits per heavy atom. The van der Waals surface area contributed by atoms with Crippen molar-refractivity contribution in [1.29, 1.82) is 0 Å². The van der Waals surface area contributed by atoms with Crippen LogP contribution in [0.3, 0.4) is 0 Å². The smallest absolute Gasteiger partial charge is 0.225 e. The van der Waals surface area contributed by atoms with Gasteiger partial charge in [-0.3, -0.25) is 9.69 Å². The van der Waals surface area contributed by atoms with Crippen LogP contribution in [-0.4, -0.2) is 29.1 Å². The van der Waals surface area contributed by atoms with Crippen LogP contribution in [0.2, 0.25) is 0 Å². The van der Waals surface area contributed by atoms with Crippen molar-refractivity contribution >= 4 is 11.7 Å². The number of aliphatic hydroxyl groups excluding tert-OH is 1. The van der Waals surface area contributed by atoms with Gasteiger partial charge in [0.25, 0.3) is 0 Å². The first-order valence-electron chi connectivity index (χ1n) is 5.89. The summed E-state index contributed by atoms with van der Waals surface area (Å²) in [5, 5.41) is 8.76. The van der Waals surface area contributed by atoms with Crippen molar-refractivity contribution in [2.45, 2.75) is 33.6 Å². The lowest BCUT2D eigenvalue weighted by Gasteiger charge is -2.20. The highest BCUT2D eigenvalue weighted by molar-refractivity contribution is 5.90. The predicted molar refractivity (Wildman–Crippen MR) is 68.1 cm³/mol. The van der Waals surface area contributed by atoms with Crippen LogP contribution < -0.4 is 4.90 Å². The Labute approximate surface area is 102 Å². The molecule has 1 amide bonds. The predicted octanol–water partition coefficient (Wildman–Crippen LogP) is 1.82. The molecule has 17 heavy (non-hydrogen) atoms. The van der Waals surface area contributed by atoms with Crippen LogP contribution in [0.4, 0.5) is 5.82 Å². The summed E-state index contributed by atoms with van der Waals surface area (Å²) in [4.78, 5) is 17.6. The summed E-state index contributed by atoms with van der Waals surface area (Å²) < 4.78 is 0. The normalized spacial score (nSPS) is 10.4. The zero-order valence-corrected chi connectivity index (χ0v) is 10.7. The maximum Gasteiger partial charge on any atom is 0.225 e. The molecular weight excluding hydrogens is 216 g/mol. The molecule has 0 spiro atoms. The van der Waals surface area contributed by atoms with Crippen LogP contribution in [0.25, 0.3) is 0 Å². The highest BCUT2D eigenvalue weighted by atomic mass is 16.3. The Hall–Kier alpha value is -1.42. The van der Waals surface area contributed by atoms with E-state index in [1.807, 2.05) is 26.0 Å². The molecule has 1 aromatic rings. The molecule has 1 N–H and O–H groups in total. The van der Waals surface area contributed by atoms with Gasteiger partial charge in [0, 0.05) is 25.8 Å². The second-order valence-electron chi connectivity index (χ2n) is 4.25. The number of hydrogen-bond donors (Lipinski definition) is 1. The average molecular weight is 236 g/mol. The van der Waals surface area contributed by atoms with Crippen molar-refractivity contribution in [3.8, 4) is 0 Å². The van der Waals surface area contributed by atoms with Crippen LogP contribution >= 0.6 is 0 Å². The van der Waals surface area contributed by atoms with E-state index in [0.29, 0.717) is 18.8 Å².